The number of hydrogen-bond donors (Lipinski definition) is 1. The van der Waals surface area contributed by atoms with Crippen molar-refractivity contribution in [1.82, 2.24) is 0 Å². The van der Waals surface area contributed by atoms with Crippen molar-refractivity contribution >= 4 is 46.1 Å². The number of Topliss-reactive ketones (excluding diaryl/α,β-unsaturated/α-hetero) is 1. The minimum Gasteiger partial charge on any atom is -0.504 e. The number of phenols is 1. The zero-order chi connectivity index (χ0) is 33.9. The van der Waals surface area contributed by atoms with Crippen molar-refractivity contribution in [3.05, 3.63) is 107 Å². The number of anilines is 2. The molecule has 0 saturated carbocycles. The Morgan fingerprint density at radius 3 is 2.19 bits per heavy atom. The highest BCUT2D eigenvalue weighted by molar-refractivity contribution is 6.25. The second-order valence-corrected chi connectivity index (χ2v) is 12.8. The van der Waals surface area contributed by atoms with Crippen LogP contribution in [0.25, 0.3) is 0 Å². The number of benzene rings is 3. The van der Waals surface area contributed by atoms with E-state index in [-0.39, 0.29) is 41.3 Å². The molecule has 1 saturated heterocycles. The average molecular weight is 643 g/mol. The van der Waals surface area contributed by atoms with Crippen LogP contribution < -0.4 is 14.5 Å². The monoisotopic (exact) mass is 642 g/mol. The fraction of sp³-hybridized carbons (Fsp3) is 0.263. The highest BCUT2D eigenvalue weighted by Crippen LogP contribution is 2.56. The Bertz CT molecular complexity index is 2010. The van der Waals surface area contributed by atoms with Gasteiger partial charge in [0.25, 0.3) is 0 Å². The summed E-state index contributed by atoms with van der Waals surface area (Å²) in [6.07, 6.45) is 3.83. The van der Waals surface area contributed by atoms with Crippen LogP contribution in [-0.2, 0) is 19.2 Å². The number of imide groups is 1. The number of carbonyl (C=O) groups excluding carboxylic acids is 4. The number of amides is 2. The molecule has 2 amide bonds. The normalized spacial score (nSPS) is 23.5. The molecule has 0 aromatic heterocycles. The first-order valence-corrected chi connectivity index (χ1v) is 15.8. The van der Waals surface area contributed by atoms with Crippen LogP contribution in [0.15, 0.2) is 111 Å². The fourth-order valence-electron chi connectivity index (χ4n) is 7.47. The van der Waals surface area contributed by atoms with E-state index in [0.717, 1.165) is 11.3 Å². The molecule has 0 spiro atoms. The van der Waals surface area contributed by atoms with Gasteiger partial charge in [-0.1, -0.05) is 17.7 Å². The number of carbonyl (C=O) groups is 4. The van der Waals surface area contributed by atoms with Crippen molar-refractivity contribution in [1.29, 1.82) is 0 Å². The van der Waals surface area contributed by atoms with Crippen LogP contribution in [-0.4, -0.2) is 49.7 Å². The lowest BCUT2D eigenvalue weighted by Crippen LogP contribution is -2.39. The van der Waals surface area contributed by atoms with Crippen LogP contribution in [0, 0.1) is 17.8 Å². The van der Waals surface area contributed by atoms with Gasteiger partial charge in [0.15, 0.2) is 23.1 Å². The van der Waals surface area contributed by atoms with Gasteiger partial charge in [-0.25, -0.2) is 0 Å². The van der Waals surface area contributed by atoms with Crippen LogP contribution in [0.5, 0.6) is 11.5 Å². The van der Waals surface area contributed by atoms with E-state index < -0.39 is 23.7 Å². The van der Waals surface area contributed by atoms with Gasteiger partial charge < -0.3 is 14.7 Å². The van der Waals surface area contributed by atoms with E-state index in [0.29, 0.717) is 45.8 Å². The molecule has 4 unspecified atom stereocenters. The van der Waals surface area contributed by atoms with E-state index in [2.05, 4.69) is 10.2 Å². The summed E-state index contributed by atoms with van der Waals surface area (Å²) in [6, 6.07) is 19.3. The van der Waals surface area contributed by atoms with Gasteiger partial charge in [-0.2, -0.15) is 10.2 Å². The molecule has 10 heteroatoms. The molecular weight excluding hydrogens is 608 g/mol. The molecule has 10 nitrogen and oxygen atoms in total. The Kier molecular flexibility index (Phi) is 7.66. The van der Waals surface area contributed by atoms with Crippen molar-refractivity contribution in [2.24, 2.45) is 28.0 Å². The number of methoxy groups -OCH3 is 1. The predicted molar refractivity (Wildman–Crippen MR) is 180 cm³/mol. The van der Waals surface area contributed by atoms with E-state index in [9.17, 15) is 24.3 Å². The lowest BCUT2D eigenvalue weighted by atomic mass is 9.59. The summed E-state index contributed by atoms with van der Waals surface area (Å²) >= 11 is 0. The predicted octanol–water partition coefficient (Wildman–Crippen LogP) is 6.52. The number of phenolic OH excluding ortho intramolecular Hbond substituents is 1. The molecule has 3 aliphatic carbocycles. The lowest BCUT2D eigenvalue weighted by Gasteiger charge is -2.42. The highest BCUT2D eigenvalue weighted by atomic mass is 16.5. The third kappa shape index (κ3) is 5.04. The smallest absolute Gasteiger partial charge is 0.238 e. The van der Waals surface area contributed by atoms with Crippen molar-refractivity contribution in [3.63, 3.8) is 0 Å². The van der Waals surface area contributed by atoms with Crippen molar-refractivity contribution in [2.75, 3.05) is 31.0 Å². The number of allylic oxidation sites excluding steroid dienone is 6. The van der Waals surface area contributed by atoms with E-state index in [1.165, 1.54) is 24.2 Å². The van der Waals surface area contributed by atoms with E-state index in [1.54, 1.807) is 43.3 Å². The van der Waals surface area contributed by atoms with Gasteiger partial charge in [-0.3, -0.25) is 24.1 Å². The minimum absolute atomic E-state index is 0.0546. The van der Waals surface area contributed by atoms with E-state index in [1.807, 2.05) is 49.3 Å². The Morgan fingerprint density at radius 2 is 1.54 bits per heavy atom. The lowest BCUT2D eigenvalue weighted by molar-refractivity contribution is -0.123. The van der Waals surface area contributed by atoms with Crippen LogP contribution in [0.4, 0.5) is 22.7 Å². The summed E-state index contributed by atoms with van der Waals surface area (Å²) in [6.45, 7) is 1.63. The highest BCUT2D eigenvalue weighted by Gasteiger charge is 2.56. The molecular formula is C38H34N4O6. The van der Waals surface area contributed by atoms with Crippen molar-refractivity contribution < 1.29 is 29.0 Å². The van der Waals surface area contributed by atoms with Gasteiger partial charge in [0.1, 0.15) is 0 Å². The van der Waals surface area contributed by atoms with Crippen LogP contribution in [0.2, 0.25) is 0 Å². The molecule has 1 N–H and O–H groups in total. The first-order valence-electron chi connectivity index (χ1n) is 15.8. The first-order chi connectivity index (χ1) is 23.1. The number of aromatic hydroxyl groups is 1. The van der Waals surface area contributed by atoms with Gasteiger partial charge in [0, 0.05) is 42.4 Å². The van der Waals surface area contributed by atoms with Crippen LogP contribution >= 0.6 is 0 Å². The molecule has 3 aromatic carbocycles. The third-order valence-electron chi connectivity index (χ3n) is 9.86. The van der Waals surface area contributed by atoms with Gasteiger partial charge in [-0.15, -0.1) is 0 Å². The SMILES string of the molecule is COc1cc(C2C3=CCC4C(=O)N(c5ccc(N=Nc6ccc(N(C)C)cc6)cc5)C(=O)C4C3CC3=C2C(=O)C(C)=CC3=O)ccc1O. The molecule has 1 aliphatic heterocycles. The average Bonchev–Trinajstić information content (AvgIpc) is 3.35. The summed E-state index contributed by atoms with van der Waals surface area (Å²) in [5, 5.41) is 18.9. The molecule has 4 atom stereocenters. The number of ketones is 2. The standard InChI is InChI=1S/C38H34N4O6/c1-20-17-31(44)29-19-28-26(33(35(29)36(20)45)21-5-16-30(43)32(18-21)48-4)14-15-27-34(28)38(47)42(37(27)46)25-12-8-23(9-13-25)40-39-22-6-10-24(11-7-22)41(2)3/h5-14,16-18,27-28,33-34,43H,15,19H2,1-4H3. The van der Waals surface area contributed by atoms with Gasteiger partial charge >= 0.3 is 0 Å². The summed E-state index contributed by atoms with van der Waals surface area (Å²) in [4.78, 5) is 58.3. The third-order valence-corrected chi connectivity index (χ3v) is 9.86. The maximum Gasteiger partial charge on any atom is 0.238 e. The number of ether oxygens (including phenoxy) is 1. The number of rotatable bonds is 6. The molecule has 3 aromatic rings. The molecule has 242 valence electrons. The second-order valence-electron chi connectivity index (χ2n) is 12.8. The van der Waals surface area contributed by atoms with Crippen molar-refractivity contribution in [3.8, 4) is 11.5 Å². The van der Waals surface area contributed by atoms with Gasteiger partial charge in [0.05, 0.1) is 36.0 Å². The number of hydrogen-bond acceptors (Lipinski definition) is 9. The topological polar surface area (TPSA) is 129 Å². The summed E-state index contributed by atoms with van der Waals surface area (Å²) in [5.74, 6) is -3.32. The second kappa shape index (κ2) is 11.9. The maximum atomic E-state index is 14.2. The van der Waals surface area contributed by atoms with Crippen LogP contribution in [0.1, 0.15) is 31.2 Å². The maximum absolute atomic E-state index is 14.2. The number of fused-ring (bicyclic) bond motifs is 3. The molecule has 1 fully saturated rings. The van der Waals surface area contributed by atoms with E-state index >= 15 is 0 Å². The van der Waals surface area contributed by atoms with E-state index in [4.69, 9.17) is 4.74 Å². The molecule has 0 bridgehead atoms. The minimum atomic E-state index is -0.701. The quantitative estimate of drug-likeness (QED) is 0.140. The summed E-state index contributed by atoms with van der Waals surface area (Å²) in [5.41, 5.74) is 5.35. The molecule has 48 heavy (non-hydrogen) atoms. The zero-order valence-corrected chi connectivity index (χ0v) is 27.0. The van der Waals surface area contributed by atoms with Gasteiger partial charge in [-0.05, 0) is 98.0 Å². The molecule has 7 rings (SSSR count). The Morgan fingerprint density at radius 1 is 0.875 bits per heavy atom. The Labute approximate surface area is 277 Å². The fourth-order valence-corrected chi connectivity index (χ4v) is 7.47. The Balaban J connectivity index is 1.20. The summed E-state index contributed by atoms with van der Waals surface area (Å²) in [7, 11) is 5.37. The van der Waals surface area contributed by atoms with Crippen molar-refractivity contribution in [2.45, 2.75) is 25.7 Å². The molecule has 1 heterocycles. The van der Waals surface area contributed by atoms with Crippen LogP contribution in [0.3, 0.4) is 0 Å². The number of nitrogens with zero attached hydrogens (tertiary/aromatic N) is 4. The Hall–Kier alpha value is -5.64. The molecule has 4 aliphatic rings. The zero-order valence-electron chi connectivity index (χ0n) is 27.0. The first kappa shape index (κ1) is 31.0. The largest absolute Gasteiger partial charge is 0.504 e. The number of azo groups is 1. The summed E-state index contributed by atoms with van der Waals surface area (Å²) < 4.78 is 5.37. The van der Waals surface area contributed by atoms with Gasteiger partial charge in [0.2, 0.25) is 11.8 Å². The molecule has 0 radical (unpaired) electrons.